The van der Waals surface area contributed by atoms with E-state index < -0.39 is 6.10 Å². The number of aryl methyl sites for hydroxylation is 2. The van der Waals surface area contributed by atoms with Crippen molar-refractivity contribution < 1.29 is 19.0 Å². The Balaban J connectivity index is 1.80. The number of carbonyl (C=O) groups excluding carboxylic acids is 1. The zero-order valence-electron chi connectivity index (χ0n) is 17.3. The first-order valence-electron chi connectivity index (χ1n) is 9.85. The van der Waals surface area contributed by atoms with Crippen molar-refractivity contribution in [1.29, 1.82) is 0 Å². The first-order chi connectivity index (χ1) is 13.6. The molecule has 1 atom stereocenters. The summed E-state index contributed by atoms with van der Waals surface area (Å²) in [5.74, 6) is 2.09. The second kappa shape index (κ2) is 11.2. The van der Waals surface area contributed by atoms with Gasteiger partial charge in [-0.05, 0) is 61.1 Å². The van der Waals surface area contributed by atoms with Gasteiger partial charge in [0.25, 0.3) is 5.91 Å². The van der Waals surface area contributed by atoms with Crippen LogP contribution in [0.15, 0.2) is 42.5 Å². The van der Waals surface area contributed by atoms with E-state index in [0.717, 1.165) is 42.1 Å². The zero-order valence-corrected chi connectivity index (χ0v) is 17.3. The minimum atomic E-state index is -0.478. The zero-order chi connectivity index (χ0) is 20.4. The first kappa shape index (κ1) is 21.6. The Kier molecular flexibility index (Phi) is 8.66. The minimum absolute atomic E-state index is 0.0746. The molecule has 2 rings (SSSR count). The number of hydrogen-bond donors (Lipinski definition) is 1. The van der Waals surface area contributed by atoms with Crippen molar-refractivity contribution in [3.05, 3.63) is 53.6 Å². The summed E-state index contributed by atoms with van der Waals surface area (Å²) in [6.07, 6.45) is 2.81. The van der Waals surface area contributed by atoms with E-state index in [1.807, 2.05) is 49.4 Å². The van der Waals surface area contributed by atoms with Crippen LogP contribution in [0.5, 0.6) is 17.2 Å². The lowest BCUT2D eigenvalue weighted by Gasteiger charge is -2.17. The molecule has 0 bridgehead atoms. The molecule has 1 N–H and O–H groups in total. The summed E-state index contributed by atoms with van der Waals surface area (Å²) in [4.78, 5) is 12.4. The van der Waals surface area contributed by atoms with E-state index >= 15 is 0 Å². The molecule has 0 heterocycles. The molecule has 0 fully saturated rings. The molecule has 152 valence electrons. The summed E-state index contributed by atoms with van der Waals surface area (Å²) < 4.78 is 16.4. The van der Waals surface area contributed by atoms with Crippen molar-refractivity contribution in [2.75, 3.05) is 20.8 Å². The van der Waals surface area contributed by atoms with E-state index in [9.17, 15) is 4.79 Å². The van der Waals surface area contributed by atoms with Crippen LogP contribution in [-0.2, 0) is 17.6 Å². The van der Waals surface area contributed by atoms with Gasteiger partial charge in [0.15, 0.2) is 17.6 Å². The Morgan fingerprint density at radius 2 is 1.64 bits per heavy atom. The van der Waals surface area contributed by atoms with Gasteiger partial charge in [-0.1, -0.05) is 32.0 Å². The highest BCUT2D eigenvalue weighted by atomic mass is 16.5. The van der Waals surface area contributed by atoms with Crippen molar-refractivity contribution in [3.63, 3.8) is 0 Å². The second-order valence-electron chi connectivity index (χ2n) is 6.60. The molecule has 0 aliphatic carbocycles. The van der Waals surface area contributed by atoms with E-state index in [2.05, 4.69) is 12.2 Å². The number of carbonyl (C=O) groups is 1. The van der Waals surface area contributed by atoms with Crippen molar-refractivity contribution in [1.82, 2.24) is 5.32 Å². The van der Waals surface area contributed by atoms with Crippen LogP contribution < -0.4 is 19.5 Å². The smallest absolute Gasteiger partial charge is 0.261 e. The number of benzene rings is 2. The Labute approximate surface area is 168 Å². The summed E-state index contributed by atoms with van der Waals surface area (Å²) in [5, 5.41) is 2.98. The van der Waals surface area contributed by atoms with E-state index in [1.165, 1.54) is 5.56 Å². The molecule has 0 spiro atoms. The van der Waals surface area contributed by atoms with Crippen LogP contribution in [0.4, 0.5) is 0 Å². The van der Waals surface area contributed by atoms with Gasteiger partial charge in [0.1, 0.15) is 5.75 Å². The monoisotopic (exact) mass is 385 g/mol. The highest BCUT2D eigenvalue weighted by Crippen LogP contribution is 2.27. The lowest BCUT2D eigenvalue weighted by Crippen LogP contribution is -2.38. The molecular formula is C23H31NO4. The van der Waals surface area contributed by atoms with Gasteiger partial charge in [-0.3, -0.25) is 4.79 Å². The first-order valence-corrected chi connectivity index (χ1v) is 9.85. The summed E-state index contributed by atoms with van der Waals surface area (Å²) >= 11 is 0. The summed E-state index contributed by atoms with van der Waals surface area (Å²) in [5.41, 5.74) is 2.39. The fourth-order valence-electron chi connectivity index (χ4n) is 2.94. The third-order valence-corrected chi connectivity index (χ3v) is 4.66. The van der Waals surface area contributed by atoms with Gasteiger partial charge in [-0.25, -0.2) is 0 Å². The van der Waals surface area contributed by atoms with Gasteiger partial charge in [0.05, 0.1) is 14.2 Å². The molecule has 0 saturated carbocycles. The molecular weight excluding hydrogens is 354 g/mol. The predicted octanol–water partition coefficient (Wildman–Crippen LogP) is 4.17. The van der Waals surface area contributed by atoms with Crippen molar-refractivity contribution in [3.8, 4) is 17.2 Å². The molecule has 28 heavy (non-hydrogen) atoms. The van der Waals surface area contributed by atoms with Gasteiger partial charge in [-0.15, -0.1) is 0 Å². The topological polar surface area (TPSA) is 56.8 Å². The van der Waals surface area contributed by atoms with Crippen LogP contribution in [0.25, 0.3) is 0 Å². The average Bonchev–Trinajstić information content (AvgIpc) is 2.75. The molecule has 2 aromatic rings. The molecule has 0 aromatic heterocycles. The van der Waals surface area contributed by atoms with Crippen molar-refractivity contribution in [2.24, 2.45) is 0 Å². The van der Waals surface area contributed by atoms with Crippen LogP contribution in [0.2, 0.25) is 0 Å². The molecule has 1 amide bonds. The fourth-order valence-corrected chi connectivity index (χ4v) is 2.94. The van der Waals surface area contributed by atoms with Gasteiger partial charge < -0.3 is 19.5 Å². The maximum Gasteiger partial charge on any atom is 0.261 e. The molecule has 5 heteroatoms. The van der Waals surface area contributed by atoms with E-state index in [1.54, 1.807) is 14.2 Å². The molecule has 1 unspecified atom stereocenters. The Bertz CT molecular complexity index is 743. The normalized spacial score (nSPS) is 11.6. The quantitative estimate of drug-likeness (QED) is 0.590. The highest BCUT2D eigenvalue weighted by Gasteiger charge is 2.17. The SMILES string of the molecule is CCc1ccc(OC(CC)C(=O)NCCCc2ccc(OC)c(OC)c2)cc1. The summed E-state index contributed by atoms with van der Waals surface area (Å²) in [6.45, 7) is 4.66. The number of rotatable bonds is 11. The Morgan fingerprint density at radius 1 is 0.964 bits per heavy atom. The summed E-state index contributed by atoms with van der Waals surface area (Å²) in [6, 6.07) is 13.8. The van der Waals surface area contributed by atoms with Crippen molar-refractivity contribution in [2.45, 2.75) is 45.6 Å². The number of methoxy groups -OCH3 is 2. The van der Waals surface area contributed by atoms with Crippen LogP contribution in [0, 0.1) is 0 Å². The number of nitrogens with one attached hydrogen (secondary N) is 1. The predicted molar refractivity (Wildman–Crippen MR) is 111 cm³/mol. The van der Waals surface area contributed by atoms with E-state index in [0.29, 0.717) is 13.0 Å². The third kappa shape index (κ3) is 6.19. The maximum atomic E-state index is 12.4. The van der Waals surface area contributed by atoms with Gasteiger partial charge in [0.2, 0.25) is 0 Å². The molecule has 0 aliphatic rings. The largest absolute Gasteiger partial charge is 0.493 e. The summed E-state index contributed by atoms with van der Waals surface area (Å²) in [7, 11) is 3.25. The lowest BCUT2D eigenvalue weighted by atomic mass is 10.1. The van der Waals surface area contributed by atoms with Crippen LogP contribution in [0.1, 0.15) is 37.8 Å². The Hall–Kier alpha value is -2.69. The van der Waals surface area contributed by atoms with Gasteiger partial charge in [-0.2, -0.15) is 0 Å². The second-order valence-corrected chi connectivity index (χ2v) is 6.60. The van der Waals surface area contributed by atoms with E-state index in [-0.39, 0.29) is 5.91 Å². The third-order valence-electron chi connectivity index (χ3n) is 4.66. The highest BCUT2D eigenvalue weighted by molar-refractivity contribution is 5.81. The van der Waals surface area contributed by atoms with Gasteiger partial charge in [0, 0.05) is 6.54 Å². The number of amides is 1. The number of ether oxygens (including phenoxy) is 3. The Morgan fingerprint density at radius 3 is 2.25 bits per heavy atom. The van der Waals surface area contributed by atoms with Crippen LogP contribution in [-0.4, -0.2) is 32.8 Å². The maximum absolute atomic E-state index is 12.4. The average molecular weight is 386 g/mol. The van der Waals surface area contributed by atoms with Gasteiger partial charge >= 0.3 is 0 Å². The fraction of sp³-hybridized carbons (Fsp3) is 0.435. The number of hydrogen-bond acceptors (Lipinski definition) is 4. The molecule has 0 aliphatic heterocycles. The molecule has 5 nitrogen and oxygen atoms in total. The molecule has 0 saturated heterocycles. The molecule has 0 radical (unpaired) electrons. The standard InChI is InChI=1S/C23H31NO4/c1-5-17-9-12-19(13-10-17)28-20(6-2)23(25)24-15-7-8-18-11-14-21(26-3)22(16-18)27-4/h9-14,16,20H,5-8,15H2,1-4H3,(H,24,25). The van der Waals surface area contributed by atoms with Crippen molar-refractivity contribution >= 4 is 5.91 Å². The van der Waals surface area contributed by atoms with Crippen LogP contribution >= 0.6 is 0 Å². The molecule has 2 aromatic carbocycles. The lowest BCUT2D eigenvalue weighted by molar-refractivity contribution is -0.128. The van der Waals surface area contributed by atoms with Crippen LogP contribution in [0.3, 0.4) is 0 Å². The minimum Gasteiger partial charge on any atom is -0.493 e. The van der Waals surface area contributed by atoms with E-state index in [4.69, 9.17) is 14.2 Å².